The van der Waals surface area contributed by atoms with Gasteiger partial charge in [0.05, 0.1) is 7.05 Å². The zero-order chi connectivity index (χ0) is 13.8. The molecule has 0 radical (unpaired) electrons. The fourth-order valence-corrected chi connectivity index (χ4v) is 1.67. The average molecular weight is 255 g/mol. The molecule has 1 unspecified atom stereocenters. The van der Waals surface area contributed by atoms with E-state index in [9.17, 15) is 4.79 Å². The first kappa shape index (κ1) is 14.4. The Kier molecular flexibility index (Phi) is 4.63. The van der Waals surface area contributed by atoms with Gasteiger partial charge < -0.3 is 15.4 Å². The molecule has 0 spiro atoms. The molecule has 1 aliphatic heterocycles. The lowest BCUT2D eigenvalue weighted by Gasteiger charge is -2.24. The second kappa shape index (κ2) is 5.79. The summed E-state index contributed by atoms with van der Waals surface area (Å²) in [5, 5.41) is 10.8. The number of hydrogen-bond donors (Lipinski definition) is 1. The summed E-state index contributed by atoms with van der Waals surface area (Å²) >= 11 is 0. The second-order valence-electron chi connectivity index (χ2n) is 5.23. The minimum atomic E-state index is -0.481. The van der Waals surface area contributed by atoms with Crippen molar-refractivity contribution in [2.45, 2.75) is 32.8 Å². The normalized spacial score (nSPS) is 21.7. The molecule has 102 valence electrons. The van der Waals surface area contributed by atoms with E-state index >= 15 is 0 Å². The Balaban J connectivity index is 2.53. The number of rotatable bonds is 2. The van der Waals surface area contributed by atoms with Crippen LogP contribution in [-0.2, 0) is 4.74 Å². The van der Waals surface area contributed by atoms with Crippen molar-refractivity contribution in [1.29, 1.82) is 0 Å². The zero-order valence-corrected chi connectivity index (χ0v) is 11.4. The Morgan fingerprint density at radius 3 is 2.67 bits per heavy atom. The third kappa shape index (κ3) is 4.31. The molecule has 1 amide bonds. The van der Waals surface area contributed by atoms with Crippen LogP contribution in [0.15, 0.2) is 15.4 Å². The number of nitrogens with two attached hydrogens (primary N) is 1. The van der Waals surface area contributed by atoms with Crippen LogP contribution >= 0.6 is 0 Å². The third-order valence-corrected chi connectivity index (χ3v) is 2.51. The second-order valence-corrected chi connectivity index (χ2v) is 5.23. The summed E-state index contributed by atoms with van der Waals surface area (Å²) in [5.74, 6) is 0.440. The molecule has 0 aromatic rings. The fourth-order valence-electron chi connectivity index (χ4n) is 1.67. The molecule has 18 heavy (non-hydrogen) atoms. The van der Waals surface area contributed by atoms with Gasteiger partial charge in [0, 0.05) is 19.0 Å². The van der Waals surface area contributed by atoms with Gasteiger partial charge in [0.25, 0.3) is 0 Å². The van der Waals surface area contributed by atoms with Gasteiger partial charge in [-0.3, -0.25) is 0 Å². The van der Waals surface area contributed by atoms with Gasteiger partial charge in [0.2, 0.25) is 0 Å². The molecule has 0 aromatic heterocycles. The van der Waals surface area contributed by atoms with E-state index in [2.05, 4.69) is 15.4 Å². The van der Waals surface area contributed by atoms with E-state index in [0.29, 0.717) is 18.9 Å². The van der Waals surface area contributed by atoms with Gasteiger partial charge >= 0.3 is 6.09 Å². The van der Waals surface area contributed by atoms with E-state index in [0.717, 1.165) is 6.42 Å². The minimum absolute atomic E-state index is 0.0306. The summed E-state index contributed by atoms with van der Waals surface area (Å²) in [5.41, 5.74) is 5.29. The number of carbonyl (C=O) groups is 1. The van der Waals surface area contributed by atoms with Crippen LogP contribution in [0, 0.1) is 5.92 Å². The largest absolute Gasteiger partial charge is 0.444 e. The van der Waals surface area contributed by atoms with Gasteiger partial charge in [0.1, 0.15) is 11.4 Å². The molecular weight excluding hydrogens is 234 g/mol. The van der Waals surface area contributed by atoms with E-state index < -0.39 is 5.60 Å². The van der Waals surface area contributed by atoms with Gasteiger partial charge in [-0.25, -0.2) is 4.79 Å². The highest BCUT2D eigenvalue weighted by atomic mass is 16.6. The van der Waals surface area contributed by atoms with E-state index in [4.69, 9.17) is 10.5 Å². The van der Waals surface area contributed by atoms with Crippen LogP contribution in [0.3, 0.4) is 0 Å². The first-order valence-electron chi connectivity index (χ1n) is 5.93. The zero-order valence-electron chi connectivity index (χ0n) is 11.4. The van der Waals surface area contributed by atoms with Crippen LogP contribution in [0.2, 0.25) is 0 Å². The molecule has 0 aliphatic carbocycles. The number of carbonyl (C=O) groups excluding carboxylic acids is 1. The number of likely N-dealkylation sites (tertiary alicyclic amines) is 1. The predicted molar refractivity (Wildman–Crippen MR) is 68.3 cm³/mol. The summed E-state index contributed by atoms with van der Waals surface area (Å²) in [4.78, 5) is 13.5. The highest BCUT2D eigenvalue weighted by Gasteiger charge is 2.31. The first-order valence-corrected chi connectivity index (χ1v) is 5.93. The van der Waals surface area contributed by atoms with Crippen molar-refractivity contribution in [2.75, 3.05) is 20.1 Å². The topological polar surface area (TPSA) is 92.6 Å². The number of amidine groups is 1. The van der Waals surface area contributed by atoms with Crippen LogP contribution in [0.25, 0.3) is 0 Å². The van der Waals surface area contributed by atoms with Crippen molar-refractivity contribution < 1.29 is 9.53 Å². The van der Waals surface area contributed by atoms with Crippen molar-refractivity contribution in [3.05, 3.63) is 0 Å². The van der Waals surface area contributed by atoms with Crippen molar-refractivity contribution in [1.82, 2.24) is 4.90 Å². The monoisotopic (exact) mass is 255 g/mol. The maximum absolute atomic E-state index is 11.8. The molecule has 0 aromatic carbocycles. The van der Waals surface area contributed by atoms with E-state index in [1.165, 1.54) is 7.05 Å². The molecule has 7 nitrogen and oxygen atoms in total. The van der Waals surface area contributed by atoms with Gasteiger partial charge in [-0.2, -0.15) is 5.11 Å². The molecule has 1 heterocycles. The maximum Gasteiger partial charge on any atom is 0.410 e. The van der Waals surface area contributed by atoms with Crippen LogP contribution in [0.4, 0.5) is 4.79 Å². The lowest BCUT2D eigenvalue weighted by atomic mass is 10.1. The molecule has 7 heteroatoms. The Morgan fingerprint density at radius 2 is 2.11 bits per heavy atom. The lowest BCUT2D eigenvalue weighted by Crippen LogP contribution is -2.36. The van der Waals surface area contributed by atoms with Crippen LogP contribution < -0.4 is 5.73 Å². The maximum atomic E-state index is 11.8. The van der Waals surface area contributed by atoms with Crippen LogP contribution in [0.1, 0.15) is 27.2 Å². The van der Waals surface area contributed by atoms with Gasteiger partial charge in [-0.1, -0.05) is 0 Å². The molecule has 2 N–H and O–H groups in total. The Morgan fingerprint density at radius 1 is 1.44 bits per heavy atom. The standard InChI is InChI=1S/C11H21N5O2/c1-11(2,3)18-10(17)16-6-5-8(7-16)9(12)14-15-13-4/h8H,5-7H2,1-4H3,(H2,12,13,14). The van der Waals surface area contributed by atoms with E-state index in [-0.39, 0.29) is 12.0 Å². The van der Waals surface area contributed by atoms with Crippen LogP contribution in [0.5, 0.6) is 0 Å². The first-order chi connectivity index (χ1) is 8.33. The molecular formula is C11H21N5O2. The Labute approximate surface area is 107 Å². The molecule has 1 atom stereocenters. The molecule has 1 fully saturated rings. The number of ether oxygens (including phenoxy) is 1. The van der Waals surface area contributed by atoms with Gasteiger partial charge in [0.15, 0.2) is 0 Å². The third-order valence-electron chi connectivity index (χ3n) is 2.51. The number of hydrogen-bond acceptors (Lipinski definition) is 4. The fraction of sp³-hybridized carbons (Fsp3) is 0.818. The van der Waals surface area contributed by atoms with Crippen molar-refractivity contribution in [2.24, 2.45) is 27.1 Å². The quantitative estimate of drug-likeness (QED) is 0.351. The summed E-state index contributed by atoms with van der Waals surface area (Å²) in [6.45, 7) is 6.67. The molecule has 0 saturated carbocycles. The van der Waals surface area contributed by atoms with Crippen molar-refractivity contribution >= 4 is 11.9 Å². The number of amides is 1. The van der Waals surface area contributed by atoms with Gasteiger partial charge in [-0.05, 0) is 32.4 Å². The number of nitrogens with zero attached hydrogens (tertiary/aromatic N) is 4. The highest BCUT2D eigenvalue weighted by Crippen LogP contribution is 2.19. The Bertz CT molecular complexity index is 359. The smallest absolute Gasteiger partial charge is 0.410 e. The lowest BCUT2D eigenvalue weighted by molar-refractivity contribution is 0.0292. The molecule has 1 rings (SSSR count). The highest BCUT2D eigenvalue weighted by molar-refractivity contribution is 5.84. The summed E-state index contributed by atoms with van der Waals surface area (Å²) in [6.07, 6.45) is 0.461. The summed E-state index contributed by atoms with van der Waals surface area (Å²) < 4.78 is 5.30. The Hall–Kier alpha value is -1.66. The SMILES string of the molecule is CN=NN=C(N)C1CCN(C(=O)OC(C)(C)C)C1. The molecule has 1 saturated heterocycles. The van der Waals surface area contributed by atoms with E-state index in [1.54, 1.807) is 4.90 Å². The predicted octanol–water partition coefficient (Wildman–Crippen LogP) is 1.60. The summed E-state index contributed by atoms with van der Waals surface area (Å²) in [7, 11) is 1.53. The van der Waals surface area contributed by atoms with E-state index in [1.807, 2.05) is 20.8 Å². The van der Waals surface area contributed by atoms with Crippen LogP contribution in [-0.4, -0.2) is 42.6 Å². The molecule has 0 bridgehead atoms. The minimum Gasteiger partial charge on any atom is -0.444 e. The van der Waals surface area contributed by atoms with Crippen molar-refractivity contribution in [3.63, 3.8) is 0 Å². The van der Waals surface area contributed by atoms with Gasteiger partial charge in [-0.15, -0.1) is 5.10 Å². The average Bonchev–Trinajstić information content (AvgIpc) is 2.72. The summed E-state index contributed by atoms with van der Waals surface area (Å²) in [6, 6.07) is 0. The molecule has 1 aliphatic rings. The van der Waals surface area contributed by atoms with Crippen molar-refractivity contribution in [3.8, 4) is 0 Å².